The van der Waals surface area contributed by atoms with Crippen LogP contribution in [0.25, 0.3) is 0 Å². The fraction of sp³-hybridized carbons (Fsp3) is 0.429. The molecule has 1 amide bonds. The van der Waals surface area contributed by atoms with Crippen LogP contribution in [0.3, 0.4) is 0 Å². The Bertz CT molecular complexity index is 444. The summed E-state index contributed by atoms with van der Waals surface area (Å²) in [5, 5.41) is 11.6. The van der Waals surface area contributed by atoms with Crippen LogP contribution in [-0.4, -0.2) is 23.0 Å². The Labute approximate surface area is 112 Å². The van der Waals surface area contributed by atoms with E-state index in [-0.39, 0.29) is 18.4 Å². The maximum atomic E-state index is 11.6. The van der Waals surface area contributed by atoms with Crippen LogP contribution in [0.4, 0.5) is 0 Å². The van der Waals surface area contributed by atoms with Crippen molar-refractivity contribution < 1.29 is 14.7 Å². The normalized spacial score (nSPS) is 11.9. The third kappa shape index (κ3) is 6.01. The summed E-state index contributed by atoms with van der Waals surface area (Å²) in [6.45, 7) is 2.21. The van der Waals surface area contributed by atoms with E-state index in [0.717, 1.165) is 11.1 Å². The molecule has 5 nitrogen and oxygen atoms in total. The topological polar surface area (TPSA) is 92.4 Å². The number of rotatable bonds is 7. The smallest absolute Gasteiger partial charge is 0.307 e. The Hall–Kier alpha value is -1.88. The van der Waals surface area contributed by atoms with Gasteiger partial charge in [-0.2, -0.15) is 0 Å². The molecular weight excluding hydrogens is 244 g/mol. The first kappa shape index (κ1) is 15.2. The Morgan fingerprint density at radius 2 is 1.95 bits per heavy atom. The minimum absolute atomic E-state index is 0.00467. The Morgan fingerprint density at radius 1 is 1.32 bits per heavy atom. The van der Waals surface area contributed by atoms with E-state index >= 15 is 0 Å². The predicted molar refractivity (Wildman–Crippen MR) is 72.5 cm³/mol. The summed E-state index contributed by atoms with van der Waals surface area (Å²) in [5.74, 6) is -0.946. The largest absolute Gasteiger partial charge is 0.481 e. The van der Waals surface area contributed by atoms with Gasteiger partial charge in [0.25, 0.3) is 0 Å². The van der Waals surface area contributed by atoms with E-state index in [0.29, 0.717) is 19.4 Å². The van der Waals surface area contributed by atoms with Crippen molar-refractivity contribution in [1.82, 2.24) is 5.32 Å². The number of carbonyl (C=O) groups excluding carboxylic acids is 1. The van der Waals surface area contributed by atoms with Crippen molar-refractivity contribution in [2.45, 2.75) is 38.8 Å². The molecule has 0 aliphatic carbocycles. The molecule has 4 N–H and O–H groups in total. The van der Waals surface area contributed by atoms with Crippen LogP contribution in [0.5, 0.6) is 0 Å². The lowest BCUT2D eigenvalue weighted by atomic mass is 10.0. The molecular formula is C14H20N2O3. The van der Waals surface area contributed by atoms with Gasteiger partial charge in [0.15, 0.2) is 0 Å². The van der Waals surface area contributed by atoms with E-state index in [4.69, 9.17) is 10.8 Å². The molecule has 0 aromatic heterocycles. The molecule has 0 saturated carbocycles. The van der Waals surface area contributed by atoms with Crippen molar-refractivity contribution >= 4 is 11.9 Å². The fourth-order valence-electron chi connectivity index (χ4n) is 1.71. The lowest BCUT2D eigenvalue weighted by Crippen LogP contribution is -2.26. The van der Waals surface area contributed by atoms with Crippen LogP contribution in [0.2, 0.25) is 0 Å². The van der Waals surface area contributed by atoms with Crippen LogP contribution >= 0.6 is 0 Å². The van der Waals surface area contributed by atoms with Gasteiger partial charge in [-0.1, -0.05) is 24.3 Å². The number of carboxylic acid groups (broad SMARTS) is 1. The van der Waals surface area contributed by atoms with Gasteiger partial charge in [-0.3, -0.25) is 9.59 Å². The molecule has 1 aromatic carbocycles. The standard InChI is InChI=1S/C14H20N2O3/c1-10(15)6-7-13(17)16-9-12-5-3-2-4-11(12)8-14(18)19/h2-5,10H,6-9,15H2,1H3,(H,16,17)(H,18,19). The minimum atomic E-state index is -0.879. The molecule has 104 valence electrons. The highest BCUT2D eigenvalue weighted by molar-refractivity contribution is 5.76. The number of nitrogens with one attached hydrogen (secondary N) is 1. The number of hydrogen-bond donors (Lipinski definition) is 3. The maximum absolute atomic E-state index is 11.6. The molecule has 0 heterocycles. The molecule has 0 saturated heterocycles. The van der Waals surface area contributed by atoms with Gasteiger partial charge in [0.2, 0.25) is 5.91 Å². The molecule has 0 aliphatic heterocycles. The molecule has 1 atom stereocenters. The average molecular weight is 264 g/mol. The Morgan fingerprint density at radius 3 is 2.53 bits per heavy atom. The first-order valence-corrected chi connectivity index (χ1v) is 6.30. The van der Waals surface area contributed by atoms with E-state index in [1.807, 2.05) is 19.1 Å². The van der Waals surface area contributed by atoms with E-state index in [1.54, 1.807) is 12.1 Å². The summed E-state index contributed by atoms with van der Waals surface area (Å²) in [4.78, 5) is 22.3. The van der Waals surface area contributed by atoms with Gasteiger partial charge < -0.3 is 16.2 Å². The fourth-order valence-corrected chi connectivity index (χ4v) is 1.71. The summed E-state index contributed by atoms with van der Waals surface area (Å²) >= 11 is 0. The number of nitrogens with two attached hydrogens (primary N) is 1. The van der Waals surface area contributed by atoms with Crippen LogP contribution in [0.1, 0.15) is 30.9 Å². The highest BCUT2D eigenvalue weighted by Gasteiger charge is 2.08. The molecule has 1 rings (SSSR count). The van der Waals surface area contributed by atoms with Gasteiger partial charge in [-0.15, -0.1) is 0 Å². The molecule has 0 radical (unpaired) electrons. The third-order valence-electron chi connectivity index (χ3n) is 2.76. The third-order valence-corrected chi connectivity index (χ3v) is 2.76. The van der Waals surface area contributed by atoms with Crippen molar-refractivity contribution in [1.29, 1.82) is 0 Å². The number of carbonyl (C=O) groups is 2. The number of benzene rings is 1. The van der Waals surface area contributed by atoms with Gasteiger partial charge in [0.05, 0.1) is 6.42 Å². The summed E-state index contributed by atoms with van der Waals surface area (Å²) in [6, 6.07) is 7.21. The van der Waals surface area contributed by atoms with Gasteiger partial charge >= 0.3 is 5.97 Å². The monoisotopic (exact) mass is 264 g/mol. The second kappa shape index (κ2) is 7.53. The molecule has 19 heavy (non-hydrogen) atoms. The quantitative estimate of drug-likeness (QED) is 0.686. The highest BCUT2D eigenvalue weighted by atomic mass is 16.4. The number of hydrogen-bond acceptors (Lipinski definition) is 3. The first-order chi connectivity index (χ1) is 8.99. The van der Waals surface area contributed by atoms with Crippen molar-refractivity contribution in [3.8, 4) is 0 Å². The maximum Gasteiger partial charge on any atom is 0.307 e. The SMILES string of the molecule is CC(N)CCC(=O)NCc1ccccc1CC(=O)O. The average Bonchev–Trinajstić information content (AvgIpc) is 2.34. The predicted octanol–water partition coefficient (Wildman–Crippen LogP) is 1.06. The Balaban J connectivity index is 2.52. The van der Waals surface area contributed by atoms with Crippen molar-refractivity contribution in [2.24, 2.45) is 5.73 Å². The molecule has 0 bridgehead atoms. The lowest BCUT2D eigenvalue weighted by Gasteiger charge is -2.10. The van der Waals surface area contributed by atoms with Crippen LogP contribution in [0, 0.1) is 0 Å². The second-order valence-electron chi connectivity index (χ2n) is 4.63. The Kier molecular flexibility index (Phi) is 6.02. The van der Waals surface area contributed by atoms with Gasteiger partial charge in [-0.05, 0) is 24.5 Å². The summed E-state index contributed by atoms with van der Waals surface area (Å²) in [6.07, 6.45) is 0.993. The molecule has 0 fully saturated rings. The van der Waals surface area contributed by atoms with E-state index in [2.05, 4.69) is 5.32 Å². The lowest BCUT2D eigenvalue weighted by molar-refractivity contribution is -0.136. The van der Waals surface area contributed by atoms with Crippen LogP contribution < -0.4 is 11.1 Å². The van der Waals surface area contributed by atoms with Crippen molar-refractivity contribution in [3.63, 3.8) is 0 Å². The number of amides is 1. The van der Waals surface area contributed by atoms with Crippen LogP contribution in [0.15, 0.2) is 24.3 Å². The zero-order valence-electron chi connectivity index (χ0n) is 11.1. The molecule has 0 spiro atoms. The molecule has 0 aliphatic rings. The summed E-state index contributed by atoms with van der Waals surface area (Å²) < 4.78 is 0. The van der Waals surface area contributed by atoms with E-state index < -0.39 is 5.97 Å². The summed E-state index contributed by atoms with van der Waals surface area (Å²) in [7, 11) is 0. The molecule has 1 aromatic rings. The summed E-state index contributed by atoms with van der Waals surface area (Å²) in [5.41, 5.74) is 7.14. The van der Waals surface area contributed by atoms with Crippen LogP contribution in [-0.2, 0) is 22.6 Å². The number of carboxylic acids is 1. The van der Waals surface area contributed by atoms with Gasteiger partial charge in [0.1, 0.15) is 0 Å². The number of aliphatic carboxylic acids is 1. The van der Waals surface area contributed by atoms with E-state index in [9.17, 15) is 9.59 Å². The molecule has 1 unspecified atom stereocenters. The minimum Gasteiger partial charge on any atom is -0.481 e. The van der Waals surface area contributed by atoms with Gasteiger partial charge in [-0.25, -0.2) is 0 Å². The molecule has 5 heteroatoms. The van der Waals surface area contributed by atoms with Gasteiger partial charge in [0, 0.05) is 19.0 Å². The second-order valence-corrected chi connectivity index (χ2v) is 4.63. The highest BCUT2D eigenvalue weighted by Crippen LogP contribution is 2.09. The first-order valence-electron chi connectivity index (χ1n) is 6.30. The van der Waals surface area contributed by atoms with Crippen molar-refractivity contribution in [2.75, 3.05) is 0 Å². The zero-order chi connectivity index (χ0) is 14.3. The zero-order valence-corrected chi connectivity index (χ0v) is 11.1. The van der Waals surface area contributed by atoms with E-state index in [1.165, 1.54) is 0 Å². The van der Waals surface area contributed by atoms with Crippen molar-refractivity contribution in [3.05, 3.63) is 35.4 Å².